The minimum absolute atomic E-state index is 0.129. The van der Waals surface area contributed by atoms with E-state index in [9.17, 15) is 0 Å². The van der Waals surface area contributed by atoms with Crippen LogP contribution in [0.15, 0.2) is 61.7 Å². The Morgan fingerprint density at radius 3 is 1.40 bits per heavy atom. The van der Waals surface area contributed by atoms with Gasteiger partial charge >= 0.3 is 0 Å². The van der Waals surface area contributed by atoms with Crippen molar-refractivity contribution in [2.45, 2.75) is 52.6 Å². The number of hydrogen-bond acceptors (Lipinski definition) is 1. The maximum absolute atomic E-state index is 5.67. The van der Waals surface area contributed by atoms with Crippen LogP contribution >= 0.6 is 0 Å². The minimum Gasteiger partial charge on any atom is -0.488 e. The van der Waals surface area contributed by atoms with Crippen molar-refractivity contribution in [3.05, 3.63) is 78.4 Å². The van der Waals surface area contributed by atoms with Crippen LogP contribution in [0, 0.1) is 0 Å². The van der Waals surface area contributed by atoms with E-state index < -0.39 is 0 Å². The zero-order valence-electron chi connectivity index (χ0n) is 16.6. The van der Waals surface area contributed by atoms with Crippen LogP contribution in [0.1, 0.15) is 58.2 Å². The fourth-order valence-electron chi connectivity index (χ4n) is 2.14. The van der Waals surface area contributed by atoms with Gasteiger partial charge in [0.25, 0.3) is 0 Å². The summed E-state index contributed by atoms with van der Waals surface area (Å²) in [4.78, 5) is 0. The quantitative estimate of drug-likeness (QED) is 0.579. The predicted octanol–water partition coefficient (Wildman–Crippen LogP) is 7.13. The molecule has 134 valence electrons. The van der Waals surface area contributed by atoms with Crippen molar-refractivity contribution in [3.8, 4) is 5.75 Å². The van der Waals surface area contributed by atoms with Crippen LogP contribution in [0.4, 0.5) is 0 Å². The molecule has 0 saturated heterocycles. The van der Waals surface area contributed by atoms with Crippen molar-refractivity contribution < 1.29 is 4.74 Å². The molecule has 0 aliphatic rings. The maximum Gasteiger partial charge on any atom is 0.120 e. The van der Waals surface area contributed by atoms with Gasteiger partial charge in [-0.2, -0.15) is 0 Å². The van der Waals surface area contributed by atoms with Gasteiger partial charge in [0.2, 0.25) is 0 Å². The van der Waals surface area contributed by atoms with Gasteiger partial charge in [0.15, 0.2) is 0 Å². The highest BCUT2D eigenvalue weighted by Gasteiger charge is 2.12. The van der Waals surface area contributed by atoms with Gasteiger partial charge in [-0.15, -0.1) is 0 Å². The van der Waals surface area contributed by atoms with Crippen molar-refractivity contribution in [3.63, 3.8) is 0 Å². The fourth-order valence-corrected chi connectivity index (χ4v) is 2.14. The zero-order valence-corrected chi connectivity index (χ0v) is 16.6. The molecule has 0 saturated carbocycles. The minimum atomic E-state index is -0.129. The van der Waals surface area contributed by atoms with Gasteiger partial charge in [-0.3, -0.25) is 0 Å². The van der Waals surface area contributed by atoms with E-state index in [0.717, 1.165) is 11.3 Å². The standard InChI is InChI=1S/C12H16O.C12H16/c1-5-10-6-8-11(9-7-10)13-12(2,3)4;1-5-10-6-8-11(9-7-10)12(2,3)4/h5-9H,1H2,2-4H3;5-9H,1H2,2-4H3. The van der Waals surface area contributed by atoms with Crippen molar-refractivity contribution in [2.24, 2.45) is 0 Å². The Morgan fingerprint density at radius 1 is 0.680 bits per heavy atom. The van der Waals surface area contributed by atoms with Crippen LogP contribution < -0.4 is 4.74 Å². The Kier molecular flexibility index (Phi) is 7.23. The Hall–Kier alpha value is -2.28. The molecule has 0 N–H and O–H groups in total. The summed E-state index contributed by atoms with van der Waals surface area (Å²) in [5.41, 5.74) is 3.78. The van der Waals surface area contributed by atoms with E-state index in [-0.39, 0.29) is 11.0 Å². The molecule has 0 radical (unpaired) electrons. The fraction of sp³-hybridized carbons (Fsp3) is 0.333. The molecule has 2 aromatic carbocycles. The molecule has 2 rings (SSSR count). The molecule has 0 atom stereocenters. The molecule has 25 heavy (non-hydrogen) atoms. The molecule has 0 amide bonds. The third kappa shape index (κ3) is 7.89. The topological polar surface area (TPSA) is 9.23 Å². The lowest BCUT2D eigenvalue weighted by molar-refractivity contribution is 0.131. The molecule has 0 spiro atoms. The zero-order chi connectivity index (χ0) is 19.1. The van der Waals surface area contributed by atoms with Gasteiger partial charge in [0, 0.05) is 0 Å². The van der Waals surface area contributed by atoms with Gasteiger partial charge in [0.1, 0.15) is 11.4 Å². The van der Waals surface area contributed by atoms with Crippen molar-refractivity contribution in [1.82, 2.24) is 0 Å². The number of ether oxygens (including phenoxy) is 1. The Bertz CT molecular complexity index is 662. The van der Waals surface area contributed by atoms with E-state index in [0.29, 0.717) is 0 Å². The molecule has 0 aromatic heterocycles. The number of rotatable bonds is 3. The second kappa shape index (κ2) is 8.71. The monoisotopic (exact) mass is 336 g/mol. The van der Waals surface area contributed by atoms with Crippen molar-refractivity contribution in [2.75, 3.05) is 0 Å². The second-order valence-corrected chi connectivity index (χ2v) is 8.06. The molecule has 0 aliphatic heterocycles. The van der Waals surface area contributed by atoms with Gasteiger partial charge in [-0.25, -0.2) is 0 Å². The van der Waals surface area contributed by atoms with Crippen LogP contribution in [0.3, 0.4) is 0 Å². The predicted molar refractivity (Wildman–Crippen MR) is 112 cm³/mol. The van der Waals surface area contributed by atoms with Gasteiger partial charge in [-0.1, -0.05) is 82.5 Å². The average Bonchev–Trinajstić information content (AvgIpc) is 2.54. The average molecular weight is 337 g/mol. The summed E-state index contributed by atoms with van der Waals surface area (Å²) in [5, 5.41) is 0. The second-order valence-electron chi connectivity index (χ2n) is 8.06. The smallest absolute Gasteiger partial charge is 0.120 e. The largest absolute Gasteiger partial charge is 0.488 e. The van der Waals surface area contributed by atoms with Crippen LogP contribution in [-0.4, -0.2) is 5.60 Å². The molecule has 0 bridgehead atoms. The molecular formula is C24H32O. The molecule has 0 aliphatic carbocycles. The summed E-state index contributed by atoms with van der Waals surface area (Å²) in [5.74, 6) is 0.901. The first-order valence-electron chi connectivity index (χ1n) is 8.69. The SMILES string of the molecule is C=Cc1ccc(C(C)(C)C)cc1.C=Cc1ccc(OC(C)(C)C)cc1. The van der Waals surface area contributed by atoms with Gasteiger partial charge < -0.3 is 4.74 Å². The number of hydrogen-bond donors (Lipinski definition) is 0. The Balaban J connectivity index is 0.000000251. The molecule has 0 unspecified atom stereocenters. The first kappa shape index (κ1) is 20.8. The number of benzene rings is 2. The Labute approximate surface area is 154 Å². The summed E-state index contributed by atoms with van der Waals surface area (Å²) in [7, 11) is 0. The molecular weight excluding hydrogens is 304 g/mol. The lowest BCUT2D eigenvalue weighted by atomic mass is 9.87. The van der Waals surface area contributed by atoms with Crippen molar-refractivity contribution in [1.29, 1.82) is 0 Å². The Morgan fingerprint density at radius 2 is 1.08 bits per heavy atom. The summed E-state index contributed by atoms with van der Waals surface area (Å²) in [6, 6.07) is 16.4. The molecule has 2 aromatic rings. The van der Waals surface area contributed by atoms with Crippen LogP contribution in [0.2, 0.25) is 0 Å². The molecule has 1 nitrogen and oxygen atoms in total. The first-order valence-corrected chi connectivity index (χ1v) is 8.69. The van der Waals surface area contributed by atoms with E-state index in [2.05, 4.69) is 58.2 Å². The van der Waals surface area contributed by atoms with Gasteiger partial charge in [0.05, 0.1) is 0 Å². The molecule has 0 heterocycles. The van der Waals surface area contributed by atoms with E-state index in [1.165, 1.54) is 11.1 Å². The lowest BCUT2D eigenvalue weighted by Crippen LogP contribution is -2.22. The van der Waals surface area contributed by atoms with E-state index >= 15 is 0 Å². The highest BCUT2D eigenvalue weighted by molar-refractivity contribution is 5.48. The highest BCUT2D eigenvalue weighted by Crippen LogP contribution is 2.22. The summed E-state index contributed by atoms with van der Waals surface area (Å²) in [6.07, 6.45) is 3.69. The highest BCUT2D eigenvalue weighted by atomic mass is 16.5. The van der Waals surface area contributed by atoms with E-state index in [1.54, 1.807) is 0 Å². The van der Waals surface area contributed by atoms with E-state index in [4.69, 9.17) is 4.74 Å². The van der Waals surface area contributed by atoms with Crippen molar-refractivity contribution >= 4 is 12.2 Å². The summed E-state index contributed by atoms with van der Waals surface area (Å²) < 4.78 is 5.67. The third-order valence-electron chi connectivity index (χ3n) is 3.55. The lowest BCUT2D eigenvalue weighted by Gasteiger charge is -2.21. The van der Waals surface area contributed by atoms with Crippen LogP contribution in [0.5, 0.6) is 5.75 Å². The van der Waals surface area contributed by atoms with E-state index in [1.807, 2.05) is 57.2 Å². The van der Waals surface area contributed by atoms with Crippen LogP contribution in [0.25, 0.3) is 12.2 Å². The summed E-state index contributed by atoms with van der Waals surface area (Å²) in [6.45, 7) is 20.2. The normalized spacial score (nSPS) is 11.1. The third-order valence-corrected chi connectivity index (χ3v) is 3.55. The molecule has 0 fully saturated rings. The first-order chi connectivity index (χ1) is 11.5. The maximum atomic E-state index is 5.67. The van der Waals surface area contributed by atoms with Crippen LogP contribution in [-0.2, 0) is 5.41 Å². The van der Waals surface area contributed by atoms with Gasteiger partial charge in [-0.05, 0) is 55.0 Å². The summed E-state index contributed by atoms with van der Waals surface area (Å²) >= 11 is 0. The molecule has 1 heteroatoms.